The number of likely N-dealkylation sites (tertiary alicyclic amines) is 1. The molecule has 1 amide bonds. The van der Waals surface area contributed by atoms with Crippen LogP contribution < -0.4 is 5.73 Å². The van der Waals surface area contributed by atoms with E-state index in [0.717, 1.165) is 75.7 Å². The summed E-state index contributed by atoms with van der Waals surface area (Å²) in [5.74, 6) is 0.686. The molecule has 2 heterocycles. The molecule has 7 rings (SSSR count). The number of aromatic nitrogens is 2. The number of aryl methyl sites for hydroxylation is 2. The fourth-order valence-corrected chi connectivity index (χ4v) is 7.55. The van der Waals surface area contributed by atoms with E-state index in [2.05, 4.69) is 59.4 Å². The van der Waals surface area contributed by atoms with E-state index in [1.165, 1.54) is 44.3 Å². The molecule has 1 aliphatic heterocycles. The largest absolute Gasteiger partial charge is 0.477 e. The van der Waals surface area contributed by atoms with E-state index >= 15 is 0 Å². The second-order valence-electron chi connectivity index (χ2n) is 12.8. The highest BCUT2D eigenvalue weighted by molar-refractivity contribution is 5.92. The second kappa shape index (κ2) is 11.6. The molecule has 1 atom stereocenters. The van der Waals surface area contributed by atoms with Crippen molar-refractivity contribution in [2.24, 2.45) is 5.92 Å². The van der Waals surface area contributed by atoms with Crippen molar-refractivity contribution in [1.82, 2.24) is 14.7 Å². The molecule has 3 N–H and O–H groups in total. The number of carboxylic acids is 1. The summed E-state index contributed by atoms with van der Waals surface area (Å²) >= 11 is 0. The van der Waals surface area contributed by atoms with Crippen LogP contribution in [0.5, 0.6) is 0 Å². The Hall–Kier alpha value is -4.39. The number of piperidine rings is 1. The third-order valence-electron chi connectivity index (χ3n) is 10.0. The lowest BCUT2D eigenvalue weighted by atomic mass is 9.83. The van der Waals surface area contributed by atoms with E-state index in [0.29, 0.717) is 23.7 Å². The summed E-state index contributed by atoms with van der Waals surface area (Å²) in [5.41, 5.74) is 16.3. The Morgan fingerprint density at radius 2 is 1.77 bits per heavy atom. The van der Waals surface area contributed by atoms with Crippen LogP contribution >= 0.6 is 0 Å². The number of benzene rings is 3. The van der Waals surface area contributed by atoms with Crippen LogP contribution in [0.1, 0.15) is 89.0 Å². The second-order valence-corrected chi connectivity index (χ2v) is 12.8. The van der Waals surface area contributed by atoms with E-state index in [-0.39, 0.29) is 11.4 Å². The van der Waals surface area contributed by atoms with E-state index in [1.807, 2.05) is 18.2 Å². The molecule has 1 saturated heterocycles. The van der Waals surface area contributed by atoms with Gasteiger partial charge in [-0.3, -0.25) is 4.79 Å². The summed E-state index contributed by atoms with van der Waals surface area (Å²) in [7, 11) is 0. The van der Waals surface area contributed by atoms with Crippen LogP contribution in [-0.2, 0) is 24.1 Å². The molecule has 7 heteroatoms. The number of carbonyl (C=O) groups excluding carboxylic acids is 1. The van der Waals surface area contributed by atoms with Gasteiger partial charge in [0.15, 0.2) is 0 Å². The zero-order valence-corrected chi connectivity index (χ0v) is 25.3. The van der Waals surface area contributed by atoms with Crippen molar-refractivity contribution in [3.05, 3.63) is 100 Å². The molecule has 0 radical (unpaired) electrons. The smallest absolute Gasteiger partial charge is 0.341 e. The highest BCUT2D eigenvalue weighted by Gasteiger charge is 2.35. The highest BCUT2D eigenvalue weighted by Crippen LogP contribution is 2.43. The molecular weight excluding hydrogens is 548 g/mol. The summed E-state index contributed by atoms with van der Waals surface area (Å²) in [6.45, 7) is 4.04. The van der Waals surface area contributed by atoms with Crippen LogP contribution in [0.15, 0.2) is 66.9 Å². The summed E-state index contributed by atoms with van der Waals surface area (Å²) in [6, 6.07) is 21.8. The SMILES string of the molecule is CCc1cc(C[C@H]2CCc3cccc(-c4cccc(-n5ncc(C(=O)O)c5N)c4)c32)ccc1C1CCN(C(=O)C2CC2)CC1. The van der Waals surface area contributed by atoms with Crippen LogP contribution in [0.4, 0.5) is 5.82 Å². The minimum atomic E-state index is -1.08. The standard InChI is InChI=1S/C37H40N4O3/c1-2-24-19-23(9-14-31(24)25-15-17-40(18-16-25)36(42)27-11-12-27)20-29-13-10-26-5-4-8-32(34(26)29)28-6-3-7-30(21-28)41-35(38)33(22-39-41)37(43)44/h3-9,14,19,21-22,25,27,29H,2,10-13,15-18,20,38H2,1H3,(H,43,44)/t29-/m1/s1. The van der Waals surface area contributed by atoms with Crippen molar-refractivity contribution in [1.29, 1.82) is 0 Å². The minimum absolute atomic E-state index is 0.00248. The number of amides is 1. The monoisotopic (exact) mass is 588 g/mol. The molecule has 44 heavy (non-hydrogen) atoms. The molecule has 3 aliphatic rings. The van der Waals surface area contributed by atoms with Gasteiger partial charge in [-0.05, 0) is 114 Å². The van der Waals surface area contributed by atoms with Gasteiger partial charge in [0.25, 0.3) is 0 Å². The number of aromatic carboxylic acids is 1. The molecule has 1 saturated carbocycles. The lowest BCUT2D eigenvalue weighted by Crippen LogP contribution is -2.38. The molecule has 2 fully saturated rings. The Labute approximate surface area is 258 Å². The van der Waals surface area contributed by atoms with Crippen LogP contribution in [0, 0.1) is 5.92 Å². The number of fused-ring (bicyclic) bond motifs is 1. The first-order valence-electron chi connectivity index (χ1n) is 16.1. The first-order valence-corrected chi connectivity index (χ1v) is 16.1. The molecule has 0 unspecified atom stereocenters. The topological polar surface area (TPSA) is 101 Å². The van der Waals surface area contributed by atoms with Gasteiger partial charge in [-0.1, -0.05) is 55.5 Å². The number of nitrogen functional groups attached to an aromatic ring is 1. The molecular formula is C37H40N4O3. The Morgan fingerprint density at radius 3 is 2.50 bits per heavy atom. The molecule has 1 aromatic heterocycles. The molecule has 0 spiro atoms. The fourth-order valence-electron chi connectivity index (χ4n) is 7.55. The molecule has 0 bridgehead atoms. The number of hydrogen-bond donors (Lipinski definition) is 2. The van der Waals surface area contributed by atoms with Crippen LogP contribution in [0.3, 0.4) is 0 Å². The number of rotatable bonds is 8. The van der Waals surface area contributed by atoms with Crippen molar-refractivity contribution < 1.29 is 14.7 Å². The third-order valence-corrected chi connectivity index (χ3v) is 10.0. The van der Waals surface area contributed by atoms with Gasteiger partial charge >= 0.3 is 5.97 Å². The van der Waals surface area contributed by atoms with E-state index < -0.39 is 5.97 Å². The zero-order valence-electron chi connectivity index (χ0n) is 25.3. The Morgan fingerprint density at radius 1 is 0.977 bits per heavy atom. The predicted molar refractivity (Wildman–Crippen MR) is 172 cm³/mol. The number of anilines is 1. The number of hydrogen-bond acceptors (Lipinski definition) is 4. The lowest BCUT2D eigenvalue weighted by molar-refractivity contribution is -0.133. The predicted octanol–water partition coefficient (Wildman–Crippen LogP) is 6.77. The quantitative estimate of drug-likeness (QED) is 0.237. The number of nitrogens with zero attached hydrogens (tertiary/aromatic N) is 3. The van der Waals surface area contributed by atoms with Crippen molar-refractivity contribution in [3.8, 4) is 16.8 Å². The number of carboxylic acid groups (broad SMARTS) is 1. The first-order chi connectivity index (χ1) is 21.4. The van der Waals surface area contributed by atoms with Gasteiger partial charge < -0.3 is 15.7 Å². The Bertz CT molecular complexity index is 1730. The maximum atomic E-state index is 12.6. The molecule has 2 aliphatic carbocycles. The van der Waals surface area contributed by atoms with E-state index in [1.54, 1.807) is 0 Å². The Kier molecular flexibility index (Phi) is 7.48. The van der Waals surface area contributed by atoms with Gasteiger partial charge in [0.2, 0.25) is 5.91 Å². The van der Waals surface area contributed by atoms with Crippen LogP contribution in [0.2, 0.25) is 0 Å². The van der Waals surface area contributed by atoms with Crippen molar-refractivity contribution in [2.75, 3.05) is 18.8 Å². The fraction of sp³-hybridized carbons (Fsp3) is 0.378. The highest BCUT2D eigenvalue weighted by atomic mass is 16.4. The van der Waals surface area contributed by atoms with E-state index in [9.17, 15) is 14.7 Å². The van der Waals surface area contributed by atoms with Crippen molar-refractivity contribution >= 4 is 17.7 Å². The first kappa shape index (κ1) is 28.4. The van der Waals surface area contributed by atoms with Gasteiger partial charge in [-0.2, -0.15) is 5.10 Å². The van der Waals surface area contributed by atoms with Crippen molar-refractivity contribution in [2.45, 2.75) is 70.1 Å². The van der Waals surface area contributed by atoms with Gasteiger partial charge in [0.05, 0.1) is 11.9 Å². The zero-order chi connectivity index (χ0) is 30.4. The third kappa shape index (κ3) is 5.29. The molecule has 7 nitrogen and oxygen atoms in total. The lowest BCUT2D eigenvalue weighted by Gasteiger charge is -2.33. The number of carbonyl (C=O) groups is 2. The average molecular weight is 589 g/mol. The summed E-state index contributed by atoms with van der Waals surface area (Å²) in [6.07, 6.45) is 9.79. The maximum absolute atomic E-state index is 12.6. The van der Waals surface area contributed by atoms with Gasteiger partial charge in [0, 0.05) is 19.0 Å². The van der Waals surface area contributed by atoms with Crippen LogP contribution in [0.25, 0.3) is 16.8 Å². The summed E-state index contributed by atoms with van der Waals surface area (Å²) < 4.78 is 1.50. The van der Waals surface area contributed by atoms with Crippen LogP contribution in [-0.4, -0.2) is 44.8 Å². The molecule has 4 aromatic rings. The van der Waals surface area contributed by atoms with Gasteiger partial charge in [-0.25, -0.2) is 9.48 Å². The average Bonchev–Trinajstić information content (AvgIpc) is 3.71. The molecule has 226 valence electrons. The summed E-state index contributed by atoms with van der Waals surface area (Å²) in [4.78, 5) is 26.2. The van der Waals surface area contributed by atoms with E-state index in [4.69, 9.17) is 5.73 Å². The molecule has 3 aromatic carbocycles. The minimum Gasteiger partial charge on any atom is -0.477 e. The Balaban J connectivity index is 1.12. The van der Waals surface area contributed by atoms with Gasteiger partial charge in [0.1, 0.15) is 11.4 Å². The summed E-state index contributed by atoms with van der Waals surface area (Å²) in [5, 5.41) is 13.7. The maximum Gasteiger partial charge on any atom is 0.341 e. The van der Waals surface area contributed by atoms with Crippen molar-refractivity contribution in [3.63, 3.8) is 0 Å². The number of nitrogens with two attached hydrogens (primary N) is 1. The van der Waals surface area contributed by atoms with Gasteiger partial charge in [-0.15, -0.1) is 0 Å². The normalized spacial score (nSPS) is 18.4.